The van der Waals surface area contributed by atoms with Gasteiger partial charge in [0, 0.05) is 16.8 Å². The molecule has 9 heteroatoms. The van der Waals surface area contributed by atoms with Gasteiger partial charge in [-0.3, -0.25) is 9.59 Å². The van der Waals surface area contributed by atoms with Crippen LogP contribution in [0.5, 0.6) is 5.75 Å². The second-order valence-electron chi connectivity index (χ2n) is 6.72. The normalized spacial score (nSPS) is 11.4. The first-order valence-electron chi connectivity index (χ1n) is 9.17. The lowest BCUT2D eigenvalue weighted by atomic mass is 9.97. The maximum absolute atomic E-state index is 12.1. The molecule has 3 rings (SSSR count). The van der Waals surface area contributed by atoms with Crippen LogP contribution < -0.4 is 16.8 Å². The number of carbonyl (C=O) groups is 2. The number of amides is 1. The first kappa shape index (κ1) is 21.3. The van der Waals surface area contributed by atoms with E-state index in [-0.39, 0.29) is 17.1 Å². The van der Waals surface area contributed by atoms with Gasteiger partial charge in [0.05, 0.1) is 18.2 Å². The number of carboxylic acids is 1. The van der Waals surface area contributed by atoms with Crippen molar-refractivity contribution in [2.75, 3.05) is 11.1 Å². The number of nitrogens with one attached hydrogen (secondary N) is 1. The Morgan fingerprint density at radius 2 is 1.87 bits per heavy atom. The van der Waals surface area contributed by atoms with Gasteiger partial charge in [0.25, 0.3) is 0 Å². The molecule has 156 valence electrons. The molecule has 0 spiro atoms. The first-order valence-corrected chi connectivity index (χ1v) is 9.17. The SMILES string of the molecule is N#Cc1c(-c2cccc(NC(=O)[C@@H](N)CC(=O)O)c2)cc(-c2ccccc2O)nc1N. The average Bonchev–Trinajstić information content (AvgIpc) is 2.73. The minimum Gasteiger partial charge on any atom is -0.507 e. The zero-order valence-electron chi connectivity index (χ0n) is 16.2. The van der Waals surface area contributed by atoms with Crippen LogP contribution in [0.1, 0.15) is 12.0 Å². The Morgan fingerprint density at radius 1 is 1.13 bits per heavy atom. The summed E-state index contributed by atoms with van der Waals surface area (Å²) in [5.74, 6) is -1.82. The molecule has 2 aromatic carbocycles. The fourth-order valence-corrected chi connectivity index (χ4v) is 3.02. The minimum absolute atomic E-state index is 0.00354. The molecular formula is C22H19N5O4. The molecule has 0 radical (unpaired) electrons. The largest absolute Gasteiger partial charge is 0.507 e. The molecule has 0 saturated carbocycles. The molecular weight excluding hydrogens is 398 g/mol. The Kier molecular flexibility index (Phi) is 6.14. The predicted molar refractivity (Wildman–Crippen MR) is 115 cm³/mol. The van der Waals surface area contributed by atoms with E-state index in [1.54, 1.807) is 48.5 Å². The van der Waals surface area contributed by atoms with Crippen LogP contribution in [0.4, 0.5) is 11.5 Å². The number of nitrogens with two attached hydrogens (primary N) is 2. The topological polar surface area (TPSA) is 175 Å². The van der Waals surface area contributed by atoms with E-state index >= 15 is 0 Å². The summed E-state index contributed by atoms with van der Waals surface area (Å²) in [7, 11) is 0. The van der Waals surface area contributed by atoms with Crippen molar-refractivity contribution in [2.45, 2.75) is 12.5 Å². The maximum atomic E-state index is 12.1. The van der Waals surface area contributed by atoms with Crippen LogP contribution in [0.2, 0.25) is 0 Å². The number of pyridine rings is 1. The van der Waals surface area contributed by atoms with Gasteiger partial charge in [-0.2, -0.15) is 5.26 Å². The summed E-state index contributed by atoms with van der Waals surface area (Å²) in [5, 5.41) is 31.1. The number of nitrogen functional groups attached to an aromatic ring is 1. The van der Waals surface area contributed by atoms with E-state index < -0.39 is 24.3 Å². The standard InChI is InChI=1S/C22H19N5O4/c23-11-16-15(9-18(27-21(16)25)14-6-1-2-7-19(14)28)12-4-3-5-13(8-12)26-22(31)17(24)10-20(29)30/h1-9,17,28H,10,24H2,(H2,25,27)(H,26,31)(H,29,30)/t17-/m0/s1. The van der Waals surface area contributed by atoms with Gasteiger partial charge in [-0.25, -0.2) is 4.98 Å². The summed E-state index contributed by atoms with van der Waals surface area (Å²) in [6, 6.07) is 15.6. The number of benzene rings is 2. The number of carbonyl (C=O) groups excluding carboxylic acids is 1. The van der Waals surface area contributed by atoms with Crippen LogP contribution in [-0.2, 0) is 9.59 Å². The Labute approximate surface area is 177 Å². The number of hydrogen-bond acceptors (Lipinski definition) is 7. The summed E-state index contributed by atoms with van der Waals surface area (Å²) in [4.78, 5) is 27.1. The molecule has 31 heavy (non-hydrogen) atoms. The van der Waals surface area contributed by atoms with Gasteiger partial charge in [0.15, 0.2) is 0 Å². The zero-order chi connectivity index (χ0) is 22.5. The van der Waals surface area contributed by atoms with Crippen LogP contribution in [0.3, 0.4) is 0 Å². The third-order valence-electron chi connectivity index (χ3n) is 4.51. The summed E-state index contributed by atoms with van der Waals surface area (Å²) < 4.78 is 0. The van der Waals surface area contributed by atoms with Crippen molar-refractivity contribution >= 4 is 23.4 Å². The van der Waals surface area contributed by atoms with Crippen molar-refractivity contribution in [3.05, 3.63) is 60.2 Å². The summed E-state index contributed by atoms with van der Waals surface area (Å²) in [6.45, 7) is 0. The second-order valence-corrected chi connectivity index (χ2v) is 6.72. The quantitative estimate of drug-likeness (QED) is 0.406. The van der Waals surface area contributed by atoms with E-state index in [4.69, 9.17) is 16.6 Å². The fourth-order valence-electron chi connectivity index (χ4n) is 3.02. The van der Waals surface area contributed by atoms with E-state index in [0.29, 0.717) is 28.1 Å². The highest BCUT2D eigenvalue weighted by Crippen LogP contribution is 2.35. The molecule has 0 aliphatic carbocycles. The summed E-state index contributed by atoms with van der Waals surface area (Å²) in [6.07, 6.45) is -0.505. The number of hydrogen-bond donors (Lipinski definition) is 5. The summed E-state index contributed by atoms with van der Waals surface area (Å²) >= 11 is 0. The van der Waals surface area contributed by atoms with Crippen LogP contribution in [0, 0.1) is 11.3 Å². The van der Waals surface area contributed by atoms with E-state index in [2.05, 4.69) is 10.3 Å². The van der Waals surface area contributed by atoms with Gasteiger partial charge in [0.2, 0.25) is 5.91 Å². The van der Waals surface area contributed by atoms with E-state index in [1.165, 1.54) is 6.07 Å². The van der Waals surface area contributed by atoms with Crippen molar-refractivity contribution in [1.82, 2.24) is 4.98 Å². The molecule has 1 heterocycles. The summed E-state index contributed by atoms with van der Waals surface area (Å²) in [5.41, 5.74) is 14.0. The van der Waals surface area contributed by atoms with E-state index in [9.17, 15) is 20.0 Å². The molecule has 7 N–H and O–H groups in total. The molecule has 0 fully saturated rings. The van der Waals surface area contributed by atoms with Gasteiger partial charge in [-0.1, -0.05) is 24.3 Å². The number of nitriles is 1. The number of aromatic nitrogens is 1. The molecule has 0 aliphatic heterocycles. The Hall–Kier alpha value is -4.42. The number of phenols is 1. The highest BCUT2D eigenvalue weighted by Gasteiger charge is 2.18. The van der Waals surface area contributed by atoms with Crippen molar-refractivity contribution < 1.29 is 19.8 Å². The van der Waals surface area contributed by atoms with E-state index in [0.717, 1.165) is 0 Å². The number of anilines is 2. The third kappa shape index (κ3) is 4.77. The van der Waals surface area contributed by atoms with Crippen molar-refractivity contribution in [2.24, 2.45) is 5.73 Å². The van der Waals surface area contributed by atoms with Gasteiger partial charge < -0.3 is 27.0 Å². The molecule has 0 aliphatic rings. The van der Waals surface area contributed by atoms with Crippen LogP contribution in [0.25, 0.3) is 22.4 Å². The minimum atomic E-state index is -1.21. The number of aromatic hydroxyl groups is 1. The molecule has 3 aromatic rings. The highest BCUT2D eigenvalue weighted by molar-refractivity contribution is 5.97. The van der Waals surface area contributed by atoms with Crippen LogP contribution in [0.15, 0.2) is 54.6 Å². The number of nitrogens with zero attached hydrogens (tertiary/aromatic N) is 2. The first-order chi connectivity index (χ1) is 14.8. The highest BCUT2D eigenvalue weighted by atomic mass is 16.4. The lowest BCUT2D eigenvalue weighted by Gasteiger charge is -2.13. The van der Waals surface area contributed by atoms with Gasteiger partial charge in [-0.15, -0.1) is 0 Å². The smallest absolute Gasteiger partial charge is 0.305 e. The lowest BCUT2D eigenvalue weighted by Crippen LogP contribution is -2.37. The zero-order valence-corrected chi connectivity index (χ0v) is 16.2. The van der Waals surface area contributed by atoms with Gasteiger partial charge in [-0.05, 0) is 35.9 Å². The number of rotatable bonds is 6. The van der Waals surface area contributed by atoms with Crippen molar-refractivity contribution in [3.8, 4) is 34.2 Å². The Bertz CT molecular complexity index is 1200. The molecule has 1 atom stereocenters. The molecule has 1 amide bonds. The number of phenolic OH excluding ortho intramolecular Hbond substituents is 1. The fraction of sp³-hybridized carbons (Fsp3) is 0.0909. The molecule has 1 aromatic heterocycles. The monoisotopic (exact) mass is 417 g/mol. The van der Waals surface area contributed by atoms with Crippen molar-refractivity contribution in [3.63, 3.8) is 0 Å². The number of carboxylic acid groups (broad SMARTS) is 1. The number of aliphatic carboxylic acids is 1. The third-order valence-corrected chi connectivity index (χ3v) is 4.51. The number of para-hydroxylation sites is 1. The molecule has 0 unspecified atom stereocenters. The predicted octanol–water partition coefficient (Wildman–Crippen LogP) is 2.32. The second kappa shape index (κ2) is 8.94. The van der Waals surface area contributed by atoms with Crippen LogP contribution in [-0.4, -0.2) is 33.1 Å². The maximum Gasteiger partial charge on any atom is 0.305 e. The van der Waals surface area contributed by atoms with Gasteiger partial charge >= 0.3 is 5.97 Å². The lowest BCUT2D eigenvalue weighted by molar-refractivity contribution is -0.138. The Balaban J connectivity index is 2.02. The molecule has 0 saturated heterocycles. The van der Waals surface area contributed by atoms with Crippen LogP contribution >= 0.6 is 0 Å². The molecule has 9 nitrogen and oxygen atoms in total. The molecule has 0 bridgehead atoms. The average molecular weight is 417 g/mol. The van der Waals surface area contributed by atoms with E-state index in [1.807, 2.05) is 6.07 Å². The Morgan fingerprint density at radius 3 is 2.55 bits per heavy atom. The van der Waals surface area contributed by atoms with Crippen molar-refractivity contribution in [1.29, 1.82) is 5.26 Å². The van der Waals surface area contributed by atoms with Gasteiger partial charge in [0.1, 0.15) is 23.2 Å².